The van der Waals surface area contributed by atoms with Crippen molar-refractivity contribution in [3.8, 4) is 50.8 Å². The molecule has 2 heterocycles. The van der Waals surface area contributed by atoms with Gasteiger partial charge in [-0.05, 0) is 164 Å². The molecule has 0 aliphatic carbocycles. The summed E-state index contributed by atoms with van der Waals surface area (Å²) in [5, 5.41) is 14.6. The Morgan fingerprint density at radius 1 is 0.459 bits per heavy atom. The SMILES string of the molecule is [C-]#[N+]c1c(-n2c3ccccc3c3cc(-c4c(C)cc(C)cc4C)ccc32)ccc(-c2cc(C)cc(C#N)c2)c1-n1c2ccccc2c2cc(-c3c(C)cc(C)cc3C)ccc21. The summed E-state index contributed by atoms with van der Waals surface area (Å²) in [7, 11) is 0. The highest BCUT2D eigenvalue weighted by molar-refractivity contribution is 6.14. The summed E-state index contributed by atoms with van der Waals surface area (Å²) in [5.74, 6) is 0. The van der Waals surface area contributed by atoms with Crippen molar-refractivity contribution in [1.29, 1.82) is 5.26 Å². The van der Waals surface area contributed by atoms with Crippen molar-refractivity contribution in [1.82, 2.24) is 9.13 Å². The first kappa shape index (κ1) is 37.6. The van der Waals surface area contributed by atoms with Crippen LogP contribution in [0.2, 0.25) is 0 Å². The lowest BCUT2D eigenvalue weighted by Gasteiger charge is -2.21. The minimum absolute atomic E-state index is 0.534. The number of nitriles is 1. The Morgan fingerprint density at radius 2 is 0.934 bits per heavy atom. The molecule has 0 spiro atoms. The van der Waals surface area contributed by atoms with E-state index in [-0.39, 0.29) is 0 Å². The first-order chi connectivity index (χ1) is 29.5. The van der Waals surface area contributed by atoms with Crippen molar-refractivity contribution in [3.63, 3.8) is 0 Å². The van der Waals surface area contributed by atoms with Crippen LogP contribution in [0.5, 0.6) is 0 Å². The molecule has 8 aromatic carbocycles. The molecule has 4 nitrogen and oxygen atoms in total. The van der Waals surface area contributed by atoms with E-state index in [0.717, 1.165) is 71.7 Å². The van der Waals surface area contributed by atoms with Crippen LogP contribution in [-0.2, 0) is 0 Å². The Hall–Kier alpha value is -7.66. The van der Waals surface area contributed by atoms with Gasteiger partial charge in [0.15, 0.2) is 0 Å². The van der Waals surface area contributed by atoms with Crippen LogP contribution < -0.4 is 0 Å². The van der Waals surface area contributed by atoms with E-state index in [1.807, 2.05) is 19.1 Å². The fourth-order valence-electron chi connectivity index (χ4n) is 10.4. The predicted molar refractivity (Wildman–Crippen MR) is 256 cm³/mol. The second-order valence-corrected chi connectivity index (χ2v) is 16.9. The Bertz CT molecular complexity index is 3530. The normalized spacial score (nSPS) is 11.5. The summed E-state index contributed by atoms with van der Waals surface area (Å²) in [4.78, 5) is 4.50. The summed E-state index contributed by atoms with van der Waals surface area (Å²) in [5.41, 5.74) is 22.0. The number of aryl methyl sites for hydroxylation is 7. The highest BCUT2D eigenvalue weighted by atomic mass is 15.1. The zero-order chi connectivity index (χ0) is 42.3. The van der Waals surface area contributed by atoms with E-state index in [0.29, 0.717) is 11.3 Å². The zero-order valence-electron chi connectivity index (χ0n) is 35.6. The van der Waals surface area contributed by atoms with Gasteiger partial charge in [0, 0.05) is 21.5 Å². The van der Waals surface area contributed by atoms with Gasteiger partial charge in [0.2, 0.25) is 5.69 Å². The van der Waals surface area contributed by atoms with Crippen LogP contribution in [0.25, 0.3) is 93.2 Å². The van der Waals surface area contributed by atoms with Crippen molar-refractivity contribution in [2.24, 2.45) is 0 Å². The topological polar surface area (TPSA) is 38.0 Å². The molecule has 0 saturated heterocycles. The summed E-state index contributed by atoms with van der Waals surface area (Å²) < 4.78 is 4.56. The third-order valence-electron chi connectivity index (χ3n) is 12.5. The Kier molecular flexibility index (Phi) is 8.79. The van der Waals surface area contributed by atoms with Gasteiger partial charge in [0.05, 0.1) is 51.6 Å². The number of nitrogens with zero attached hydrogens (tertiary/aromatic N) is 4. The van der Waals surface area contributed by atoms with E-state index >= 15 is 0 Å². The van der Waals surface area contributed by atoms with Gasteiger partial charge in [-0.25, -0.2) is 4.85 Å². The van der Waals surface area contributed by atoms with E-state index in [9.17, 15) is 5.26 Å². The van der Waals surface area contributed by atoms with Gasteiger partial charge in [0.25, 0.3) is 0 Å². The maximum Gasteiger partial charge on any atom is 0.234 e. The molecule has 0 radical (unpaired) electrons. The molecule has 4 heteroatoms. The molecule has 61 heavy (non-hydrogen) atoms. The molecule has 0 unspecified atom stereocenters. The highest BCUT2D eigenvalue weighted by Crippen LogP contribution is 2.47. The fourth-order valence-corrected chi connectivity index (χ4v) is 10.4. The van der Waals surface area contributed by atoms with Crippen molar-refractivity contribution in [2.45, 2.75) is 48.5 Å². The Morgan fingerprint density at radius 3 is 1.46 bits per heavy atom. The second kappa shape index (κ2) is 14.3. The molecule has 0 aliphatic rings. The van der Waals surface area contributed by atoms with Gasteiger partial charge in [-0.15, -0.1) is 0 Å². The molecule has 10 aromatic rings. The minimum Gasteiger partial charge on any atom is -0.319 e. The predicted octanol–water partition coefficient (Wildman–Crippen LogP) is 15.5. The zero-order valence-corrected chi connectivity index (χ0v) is 35.6. The maximum atomic E-state index is 10.1. The lowest BCUT2D eigenvalue weighted by Crippen LogP contribution is -2.03. The molecule has 10 rings (SSSR count). The molecule has 0 saturated carbocycles. The maximum absolute atomic E-state index is 10.1. The van der Waals surface area contributed by atoms with Crippen molar-refractivity contribution >= 4 is 49.3 Å². The number of rotatable bonds is 5. The number of aromatic nitrogens is 2. The van der Waals surface area contributed by atoms with E-state index in [4.69, 9.17) is 6.57 Å². The van der Waals surface area contributed by atoms with E-state index in [1.54, 1.807) is 0 Å². The van der Waals surface area contributed by atoms with Gasteiger partial charge in [-0.2, -0.15) is 5.26 Å². The molecule has 0 atom stereocenters. The number of benzene rings is 8. The van der Waals surface area contributed by atoms with Crippen molar-refractivity contribution in [3.05, 3.63) is 195 Å². The van der Waals surface area contributed by atoms with Crippen molar-refractivity contribution in [2.75, 3.05) is 0 Å². The van der Waals surface area contributed by atoms with Crippen LogP contribution in [0.4, 0.5) is 5.69 Å². The van der Waals surface area contributed by atoms with Crippen LogP contribution in [0.15, 0.2) is 140 Å². The van der Waals surface area contributed by atoms with Crippen LogP contribution in [0.3, 0.4) is 0 Å². The average Bonchev–Trinajstić information content (AvgIpc) is 3.74. The first-order valence-corrected chi connectivity index (χ1v) is 20.8. The Labute approximate surface area is 357 Å². The van der Waals surface area contributed by atoms with Gasteiger partial charge in [0.1, 0.15) is 0 Å². The van der Waals surface area contributed by atoms with Crippen molar-refractivity contribution < 1.29 is 0 Å². The van der Waals surface area contributed by atoms with Gasteiger partial charge in [-0.3, -0.25) is 0 Å². The van der Waals surface area contributed by atoms with Crippen LogP contribution >= 0.6 is 0 Å². The summed E-state index contributed by atoms with van der Waals surface area (Å²) >= 11 is 0. The molecule has 0 bridgehead atoms. The summed E-state index contributed by atoms with van der Waals surface area (Å²) in [6.07, 6.45) is 0. The molecule has 2 aromatic heterocycles. The first-order valence-electron chi connectivity index (χ1n) is 20.8. The average molecular weight is 785 g/mol. The number of fused-ring (bicyclic) bond motifs is 6. The summed E-state index contributed by atoms with van der Waals surface area (Å²) in [6, 6.07) is 52.3. The van der Waals surface area contributed by atoms with Crippen LogP contribution in [0.1, 0.15) is 44.5 Å². The Balaban J connectivity index is 1.31. The highest BCUT2D eigenvalue weighted by Gasteiger charge is 2.25. The van der Waals surface area contributed by atoms with Crippen LogP contribution in [-0.4, -0.2) is 9.13 Å². The molecule has 0 amide bonds. The number of para-hydroxylation sites is 2. The van der Waals surface area contributed by atoms with Gasteiger partial charge in [-0.1, -0.05) is 96.1 Å². The summed E-state index contributed by atoms with van der Waals surface area (Å²) in [6.45, 7) is 24.2. The molecule has 0 aliphatic heterocycles. The third kappa shape index (κ3) is 5.95. The minimum atomic E-state index is 0.534. The second-order valence-electron chi connectivity index (χ2n) is 16.9. The lowest BCUT2D eigenvalue weighted by atomic mass is 9.93. The van der Waals surface area contributed by atoms with E-state index < -0.39 is 0 Å². The largest absolute Gasteiger partial charge is 0.319 e. The standard InChI is InChI=1S/C57H44N4/c1-33-23-36(4)54(37(5)24-33)41-17-20-51-47(30-41)45-13-9-11-15-49(45)60(51)53-22-19-44(43-28-35(3)27-40(29-43)32-58)57(56(53)59-8)61-50-16-12-10-14-46(50)48-31-42(18-21-52(48)61)55-38(6)25-34(2)26-39(55)7/h9-31H,1-7H3. The van der Waals surface area contributed by atoms with E-state index in [1.165, 1.54) is 55.6 Å². The monoisotopic (exact) mass is 784 g/mol. The van der Waals surface area contributed by atoms with Gasteiger partial charge < -0.3 is 9.13 Å². The number of hydrogen-bond acceptors (Lipinski definition) is 1. The quantitative estimate of drug-likeness (QED) is 0.160. The molecule has 292 valence electrons. The third-order valence-corrected chi connectivity index (χ3v) is 12.5. The molecular formula is C57H44N4. The smallest absolute Gasteiger partial charge is 0.234 e. The molecule has 0 fully saturated rings. The van der Waals surface area contributed by atoms with Gasteiger partial charge >= 0.3 is 0 Å². The number of hydrogen-bond donors (Lipinski definition) is 0. The van der Waals surface area contributed by atoms with E-state index in [2.05, 4.69) is 189 Å². The molecular weight excluding hydrogens is 741 g/mol. The molecule has 0 N–H and O–H groups in total. The fraction of sp³-hybridized carbons (Fsp3) is 0.123. The lowest BCUT2D eigenvalue weighted by molar-refractivity contribution is 1.14. The van der Waals surface area contributed by atoms with Crippen LogP contribution in [0, 0.1) is 66.4 Å².